The second-order valence-corrected chi connectivity index (χ2v) is 7.11. The summed E-state index contributed by atoms with van der Waals surface area (Å²) in [7, 11) is 0. The molecule has 1 amide bonds. The quantitative estimate of drug-likeness (QED) is 0.678. The van der Waals surface area contributed by atoms with E-state index < -0.39 is 9.05 Å². The first-order valence-corrected chi connectivity index (χ1v) is 6.00. The Labute approximate surface area is 105 Å². The van der Waals surface area contributed by atoms with Gasteiger partial charge in [-0.15, -0.1) is 0 Å². The Balaban J connectivity index is 2.74. The van der Waals surface area contributed by atoms with Gasteiger partial charge in [-0.3, -0.25) is 4.79 Å². The van der Waals surface area contributed by atoms with E-state index in [1.54, 1.807) is 12.1 Å². The summed E-state index contributed by atoms with van der Waals surface area (Å²) in [6, 6.07) is 3.19. The van der Waals surface area contributed by atoms with Gasteiger partial charge in [0.1, 0.15) is 5.82 Å². The lowest BCUT2D eigenvalue weighted by atomic mass is 10.1. The Kier molecular flexibility index (Phi) is 2.48. The zero-order valence-corrected chi connectivity index (χ0v) is 11.3. The SMILES string of the molecule is O=C1Nc2ccc(Br)c(F)c2C1(Br)Br. The minimum absolute atomic E-state index is 0.275. The number of hydrogen-bond donors (Lipinski definition) is 1. The van der Waals surface area contributed by atoms with Crippen LogP contribution in [0, 0.1) is 5.82 Å². The van der Waals surface area contributed by atoms with Crippen LogP contribution < -0.4 is 5.32 Å². The molecule has 1 aliphatic rings. The molecular formula is C8H3Br3FNO. The molecule has 0 aromatic heterocycles. The molecule has 2 rings (SSSR count). The minimum atomic E-state index is -1.16. The lowest BCUT2D eigenvalue weighted by molar-refractivity contribution is -0.115. The highest BCUT2D eigenvalue weighted by Crippen LogP contribution is 2.49. The molecular weight excluding hydrogens is 385 g/mol. The van der Waals surface area contributed by atoms with Crippen molar-refractivity contribution in [3.8, 4) is 0 Å². The summed E-state index contributed by atoms with van der Waals surface area (Å²) >= 11 is 9.34. The Hall–Kier alpha value is 0.0600. The summed E-state index contributed by atoms with van der Waals surface area (Å²) in [5, 5.41) is 2.56. The summed E-state index contributed by atoms with van der Waals surface area (Å²) in [6.45, 7) is 0. The minimum Gasteiger partial charge on any atom is -0.323 e. The Morgan fingerprint density at radius 1 is 1.36 bits per heavy atom. The van der Waals surface area contributed by atoms with Crippen LogP contribution in [0.15, 0.2) is 16.6 Å². The van der Waals surface area contributed by atoms with Crippen LogP contribution in [0.25, 0.3) is 0 Å². The Morgan fingerprint density at radius 2 is 2.00 bits per heavy atom. The number of alkyl halides is 2. The average Bonchev–Trinajstić information content (AvgIpc) is 2.32. The molecule has 1 N–H and O–H groups in total. The van der Waals surface area contributed by atoms with Gasteiger partial charge in [-0.05, 0) is 28.1 Å². The van der Waals surface area contributed by atoms with Crippen LogP contribution in [0.2, 0.25) is 0 Å². The van der Waals surface area contributed by atoms with E-state index in [1.807, 2.05) is 0 Å². The number of nitrogens with one attached hydrogen (secondary N) is 1. The molecule has 0 fully saturated rings. The van der Waals surface area contributed by atoms with E-state index in [2.05, 4.69) is 53.1 Å². The zero-order valence-electron chi connectivity index (χ0n) is 6.57. The van der Waals surface area contributed by atoms with Crippen molar-refractivity contribution in [2.45, 2.75) is 3.23 Å². The van der Waals surface area contributed by atoms with Gasteiger partial charge >= 0.3 is 0 Å². The van der Waals surface area contributed by atoms with Gasteiger partial charge < -0.3 is 5.32 Å². The highest BCUT2D eigenvalue weighted by atomic mass is 79.9. The molecule has 1 aromatic rings. The first-order valence-electron chi connectivity index (χ1n) is 3.62. The topological polar surface area (TPSA) is 29.1 Å². The third-order valence-electron chi connectivity index (χ3n) is 1.94. The molecule has 1 heterocycles. The molecule has 1 aliphatic heterocycles. The van der Waals surface area contributed by atoms with E-state index in [9.17, 15) is 9.18 Å². The number of hydrogen-bond acceptors (Lipinski definition) is 1. The summed E-state index contributed by atoms with van der Waals surface area (Å²) < 4.78 is 12.8. The van der Waals surface area contributed by atoms with Crippen LogP contribution in [0.5, 0.6) is 0 Å². The predicted octanol–water partition coefficient (Wildman–Crippen LogP) is 3.48. The number of fused-ring (bicyclic) bond motifs is 1. The van der Waals surface area contributed by atoms with Gasteiger partial charge in [0.05, 0.1) is 4.47 Å². The molecule has 0 saturated heterocycles. The summed E-state index contributed by atoms with van der Waals surface area (Å²) in [6.07, 6.45) is 0. The van der Waals surface area contributed by atoms with Crippen molar-refractivity contribution in [1.82, 2.24) is 0 Å². The van der Waals surface area contributed by atoms with E-state index in [-0.39, 0.29) is 11.5 Å². The van der Waals surface area contributed by atoms with Gasteiger partial charge in [-0.2, -0.15) is 0 Å². The lowest BCUT2D eigenvalue weighted by Gasteiger charge is -2.11. The molecule has 0 radical (unpaired) electrons. The van der Waals surface area contributed by atoms with Crippen LogP contribution in [0.4, 0.5) is 10.1 Å². The molecule has 0 atom stereocenters. The fourth-order valence-electron chi connectivity index (χ4n) is 1.28. The first-order chi connectivity index (χ1) is 6.44. The standard InChI is InChI=1S/C8H3Br3FNO/c9-3-1-2-4-5(6(3)12)8(10,11)7(14)13-4/h1-2H,(H,13,14). The van der Waals surface area contributed by atoms with Gasteiger partial charge in [-0.1, -0.05) is 31.9 Å². The van der Waals surface area contributed by atoms with Gasteiger partial charge in [0.2, 0.25) is 0 Å². The van der Waals surface area contributed by atoms with Gasteiger partial charge in [0.15, 0.2) is 3.23 Å². The molecule has 0 unspecified atom stereocenters. The van der Waals surface area contributed by atoms with Crippen molar-refractivity contribution in [2.75, 3.05) is 5.32 Å². The van der Waals surface area contributed by atoms with E-state index in [0.717, 1.165) is 0 Å². The maximum Gasteiger partial charge on any atom is 0.256 e. The molecule has 0 spiro atoms. The number of anilines is 1. The van der Waals surface area contributed by atoms with Crippen LogP contribution >= 0.6 is 47.8 Å². The lowest BCUT2D eigenvalue weighted by Crippen LogP contribution is -2.21. The van der Waals surface area contributed by atoms with E-state index in [4.69, 9.17) is 0 Å². The normalized spacial score (nSPS) is 17.9. The molecule has 0 saturated carbocycles. The molecule has 6 heteroatoms. The van der Waals surface area contributed by atoms with Crippen molar-refractivity contribution < 1.29 is 9.18 Å². The molecule has 14 heavy (non-hydrogen) atoms. The van der Waals surface area contributed by atoms with Crippen molar-refractivity contribution in [3.05, 3.63) is 28.0 Å². The monoisotopic (exact) mass is 385 g/mol. The number of carbonyl (C=O) groups excluding carboxylic acids is 1. The summed E-state index contributed by atoms with van der Waals surface area (Å²) in [5.41, 5.74) is 0.751. The molecule has 2 nitrogen and oxygen atoms in total. The predicted molar refractivity (Wildman–Crippen MR) is 62.3 cm³/mol. The van der Waals surface area contributed by atoms with E-state index in [0.29, 0.717) is 10.2 Å². The summed E-state index contributed by atoms with van der Waals surface area (Å²) in [5.74, 6) is -0.779. The second-order valence-electron chi connectivity index (χ2n) is 2.81. The average molecular weight is 388 g/mol. The maximum absolute atomic E-state index is 13.7. The Morgan fingerprint density at radius 3 is 2.64 bits per heavy atom. The largest absolute Gasteiger partial charge is 0.323 e. The van der Waals surface area contributed by atoms with Crippen LogP contribution in [-0.2, 0) is 8.03 Å². The smallest absolute Gasteiger partial charge is 0.256 e. The number of carbonyl (C=O) groups is 1. The molecule has 0 bridgehead atoms. The molecule has 1 aromatic carbocycles. The van der Waals surface area contributed by atoms with Gasteiger partial charge in [0, 0.05) is 11.3 Å². The van der Waals surface area contributed by atoms with Crippen molar-refractivity contribution in [3.63, 3.8) is 0 Å². The highest BCUT2D eigenvalue weighted by Gasteiger charge is 2.45. The van der Waals surface area contributed by atoms with Crippen LogP contribution in [0.1, 0.15) is 5.56 Å². The fourth-order valence-corrected chi connectivity index (χ4v) is 2.58. The van der Waals surface area contributed by atoms with E-state index >= 15 is 0 Å². The van der Waals surface area contributed by atoms with Crippen molar-refractivity contribution in [2.24, 2.45) is 0 Å². The second kappa shape index (κ2) is 3.28. The molecule has 74 valence electrons. The van der Waals surface area contributed by atoms with Gasteiger partial charge in [0.25, 0.3) is 5.91 Å². The number of benzene rings is 1. The third-order valence-corrected chi connectivity index (χ3v) is 4.07. The van der Waals surface area contributed by atoms with Gasteiger partial charge in [-0.25, -0.2) is 4.39 Å². The van der Waals surface area contributed by atoms with Crippen molar-refractivity contribution in [1.29, 1.82) is 0 Å². The maximum atomic E-state index is 13.7. The van der Waals surface area contributed by atoms with Crippen LogP contribution in [-0.4, -0.2) is 5.91 Å². The Bertz CT molecular complexity index is 433. The molecule has 0 aliphatic carbocycles. The summed E-state index contributed by atoms with van der Waals surface area (Å²) in [4.78, 5) is 11.4. The first kappa shape index (κ1) is 10.6. The number of halogens is 4. The highest BCUT2D eigenvalue weighted by molar-refractivity contribution is 9.25. The third kappa shape index (κ3) is 1.35. The fraction of sp³-hybridized carbons (Fsp3) is 0.125. The number of rotatable bonds is 0. The number of amides is 1. The zero-order chi connectivity index (χ0) is 10.5. The van der Waals surface area contributed by atoms with E-state index in [1.165, 1.54) is 0 Å². The van der Waals surface area contributed by atoms with Crippen molar-refractivity contribution >= 4 is 59.4 Å². The van der Waals surface area contributed by atoms with Crippen LogP contribution in [0.3, 0.4) is 0 Å².